The maximum atomic E-state index is 6.19. The van der Waals surface area contributed by atoms with Gasteiger partial charge in [0.15, 0.2) is 0 Å². The summed E-state index contributed by atoms with van der Waals surface area (Å²) in [6.45, 7) is 2.04. The molecule has 0 saturated carbocycles. The van der Waals surface area contributed by atoms with E-state index >= 15 is 0 Å². The molecule has 2 aromatic carbocycles. The van der Waals surface area contributed by atoms with Crippen molar-refractivity contribution in [2.75, 3.05) is 0 Å². The topological polar surface area (TPSA) is 0 Å². The zero-order chi connectivity index (χ0) is 14.9. The first-order valence-corrected chi connectivity index (χ1v) is 9.39. The van der Waals surface area contributed by atoms with Crippen molar-refractivity contribution in [1.29, 1.82) is 0 Å². The Morgan fingerprint density at radius 1 is 0.700 bits per heavy atom. The summed E-state index contributed by atoms with van der Waals surface area (Å²) in [4.78, 5) is 1.73. The fourth-order valence-corrected chi connectivity index (χ4v) is 5.59. The summed E-state index contributed by atoms with van der Waals surface area (Å²) in [5.74, 6) is 0. The van der Waals surface area contributed by atoms with Gasteiger partial charge in [-0.25, -0.2) is 0 Å². The van der Waals surface area contributed by atoms with Crippen molar-refractivity contribution in [3.8, 4) is 0 Å². The molecular formula is C13H7Cl5S2. The van der Waals surface area contributed by atoms with Crippen LogP contribution in [0.25, 0.3) is 0 Å². The Morgan fingerprint density at radius 2 is 1.20 bits per heavy atom. The molecule has 2 rings (SSSR count). The largest absolute Gasteiger partial charge is 0.0813 e. The summed E-state index contributed by atoms with van der Waals surface area (Å²) in [5.41, 5.74) is 1.17. The molecule has 0 aliphatic heterocycles. The minimum atomic E-state index is 0.175. The number of aryl methyl sites for hydroxylation is 1. The van der Waals surface area contributed by atoms with Gasteiger partial charge < -0.3 is 0 Å². The summed E-state index contributed by atoms with van der Waals surface area (Å²) in [7, 11) is 2.94. The van der Waals surface area contributed by atoms with Crippen molar-refractivity contribution in [3.05, 3.63) is 54.9 Å². The lowest BCUT2D eigenvalue weighted by atomic mass is 10.2. The smallest absolute Gasteiger partial charge is 0.0809 e. The third-order valence-corrected chi connectivity index (χ3v) is 7.56. The van der Waals surface area contributed by atoms with E-state index in [0.29, 0.717) is 14.9 Å². The van der Waals surface area contributed by atoms with Crippen molar-refractivity contribution in [2.24, 2.45) is 0 Å². The van der Waals surface area contributed by atoms with E-state index < -0.39 is 0 Å². The van der Waals surface area contributed by atoms with Gasteiger partial charge in [-0.05, 0) is 29.3 Å². The van der Waals surface area contributed by atoms with Gasteiger partial charge in [-0.3, -0.25) is 0 Å². The number of benzene rings is 2. The van der Waals surface area contributed by atoms with Crippen LogP contribution in [0.5, 0.6) is 0 Å². The molecule has 7 heteroatoms. The molecule has 0 nitrogen and oxygen atoms in total. The first-order chi connectivity index (χ1) is 9.43. The van der Waals surface area contributed by atoms with Crippen molar-refractivity contribution in [1.82, 2.24) is 0 Å². The third kappa shape index (κ3) is 3.49. The normalized spacial score (nSPS) is 10.9. The molecule has 0 bridgehead atoms. The molecule has 0 aromatic heterocycles. The van der Waals surface area contributed by atoms with Crippen LogP contribution in [0.3, 0.4) is 0 Å². The lowest BCUT2D eigenvalue weighted by Crippen LogP contribution is -1.83. The van der Waals surface area contributed by atoms with Crippen LogP contribution in [-0.2, 0) is 0 Å². The van der Waals surface area contributed by atoms with Gasteiger partial charge in [0.2, 0.25) is 0 Å². The molecule has 0 saturated heterocycles. The van der Waals surface area contributed by atoms with Crippen molar-refractivity contribution in [2.45, 2.75) is 16.7 Å². The lowest BCUT2D eigenvalue weighted by molar-refractivity contribution is 1.31. The van der Waals surface area contributed by atoms with E-state index in [4.69, 9.17) is 58.0 Å². The monoisotopic (exact) mass is 402 g/mol. The van der Waals surface area contributed by atoms with E-state index in [2.05, 4.69) is 0 Å². The number of halogens is 5. The van der Waals surface area contributed by atoms with Gasteiger partial charge in [-0.2, -0.15) is 0 Å². The molecule has 0 fully saturated rings. The molecule has 0 unspecified atom stereocenters. The van der Waals surface area contributed by atoms with E-state index in [9.17, 15) is 0 Å². The zero-order valence-electron chi connectivity index (χ0n) is 10.0. The molecule has 20 heavy (non-hydrogen) atoms. The first-order valence-electron chi connectivity index (χ1n) is 5.35. The maximum absolute atomic E-state index is 6.19. The Hall–Kier alpha value is 0.590. The lowest BCUT2D eigenvalue weighted by Gasteiger charge is -2.12. The van der Waals surface area contributed by atoms with E-state index in [1.165, 1.54) is 27.2 Å². The van der Waals surface area contributed by atoms with Crippen LogP contribution >= 0.6 is 79.6 Å². The van der Waals surface area contributed by atoms with Gasteiger partial charge >= 0.3 is 0 Å². The van der Waals surface area contributed by atoms with Gasteiger partial charge in [0.05, 0.1) is 30.0 Å². The molecule has 0 spiro atoms. The summed E-state index contributed by atoms with van der Waals surface area (Å²) in [5, 5.41) is 1.24. The standard InChI is InChI=1S/C13H7Cl5S2/c1-6-4-2-3-5-7(6)19-20-13-11(17)9(15)8(14)10(16)12(13)18/h2-5H,1H3. The number of rotatable bonds is 3. The third-order valence-electron chi connectivity index (χ3n) is 2.48. The van der Waals surface area contributed by atoms with E-state index in [1.807, 2.05) is 31.2 Å². The molecular weight excluding hydrogens is 398 g/mol. The van der Waals surface area contributed by atoms with Crippen LogP contribution in [-0.4, -0.2) is 0 Å². The van der Waals surface area contributed by atoms with E-state index in [-0.39, 0.29) is 15.1 Å². The Balaban J connectivity index is 2.33. The predicted octanol–water partition coefficient (Wildman–Crippen LogP) is 8.06. The van der Waals surface area contributed by atoms with Gasteiger partial charge in [0.25, 0.3) is 0 Å². The fourth-order valence-electron chi connectivity index (χ4n) is 1.39. The van der Waals surface area contributed by atoms with Crippen LogP contribution in [0.4, 0.5) is 0 Å². The quantitative estimate of drug-likeness (QED) is 0.288. The average Bonchev–Trinajstić information content (AvgIpc) is 2.45. The van der Waals surface area contributed by atoms with Crippen LogP contribution in [0.15, 0.2) is 34.1 Å². The molecule has 2 aromatic rings. The highest BCUT2D eigenvalue weighted by molar-refractivity contribution is 8.76. The maximum Gasteiger partial charge on any atom is 0.0809 e. The summed E-state index contributed by atoms with van der Waals surface area (Å²) in [6.07, 6.45) is 0. The molecule has 0 aliphatic carbocycles. The van der Waals surface area contributed by atoms with Gasteiger partial charge in [0, 0.05) is 4.90 Å². The average molecular weight is 405 g/mol. The minimum absolute atomic E-state index is 0.175. The van der Waals surface area contributed by atoms with Crippen molar-refractivity contribution >= 4 is 79.6 Å². The summed E-state index contributed by atoms with van der Waals surface area (Å²) < 4.78 is 0. The second-order valence-electron chi connectivity index (χ2n) is 3.83. The molecule has 0 radical (unpaired) electrons. The zero-order valence-corrected chi connectivity index (χ0v) is 15.4. The molecule has 106 valence electrons. The van der Waals surface area contributed by atoms with Gasteiger partial charge in [0.1, 0.15) is 0 Å². The Labute approximate surface area is 150 Å². The van der Waals surface area contributed by atoms with Crippen LogP contribution < -0.4 is 0 Å². The van der Waals surface area contributed by atoms with E-state index in [0.717, 1.165) is 4.90 Å². The molecule has 0 N–H and O–H groups in total. The number of hydrogen-bond donors (Lipinski definition) is 0. The second kappa shape index (κ2) is 7.23. The number of hydrogen-bond acceptors (Lipinski definition) is 2. The van der Waals surface area contributed by atoms with Gasteiger partial charge in [-0.15, -0.1) is 0 Å². The minimum Gasteiger partial charge on any atom is -0.0813 e. The molecule has 0 heterocycles. The Morgan fingerprint density at radius 3 is 1.75 bits per heavy atom. The fraction of sp³-hybridized carbons (Fsp3) is 0.0769. The Bertz CT molecular complexity index is 628. The SMILES string of the molecule is Cc1ccccc1SSc1c(Cl)c(Cl)c(Cl)c(Cl)c1Cl. The summed E-state index contributed by atoms with van der Waals surface area (Å²) >= 11 is 30.4. The van der Waals surface area contributed by atoms with Gasteiger partial charge in [-0.1, -0.05) is 87.0 Å². The highest BCUT2D eigenvalue weighted by atomic mass is 35.5. The highest BCUT2D eigenvalue weighted by Crippen LogP contribution is 2.52. The second-order valence-corrected chi connectivity index (χ2v) is 7.90. The highest BCUT2D eigenvalue weighted by Gasteiger charge is 2.20. The van der Waals surface area contributed by atoms with Crippen molar-refractivity contribution < 1.29 is 0 Å². The van der Waals surface area contributed by atoms with Crippen LogP contribution in [0.2, 0.25) is 25.1 Å². The van der Waals surface area contributed by atoms with E-state index in [1.54, 1.807) is 0 Å². The summed E-state index contributed by atoms with van der Waals surface area (Å²) in [6, 6.07) is 8.02. The molecule has 0 atom stereocenters. The molecule has 0 aliphatic rings. The first kappa shape index (κ1) is 17.0. The predicted molar refractivity (Wildman–Crippen MR) is 94.4 cm³/mol. The van der Waals surface area contributed by atoms with Crippen LogP contribution in [0.1, 0.15) is 5.56 Å². The van der Waals surface area contributed by atoms with Crippen LogP contribution in [0, 0.1) is 6.92 Å². The molecule has 0 amide bonds. The Kier molecular flexibility index (Phi) is 6.13. The van der Waals surface area contributed by atoms with Crippen molar-refractivity contribution in [3.63, 3.8) is 0 Å².